The van der Waals surface area contributed by atoms with E-state index in [-0.39, 0.29) is 29.9 Å². The summed E-state index contributed by atoms with van der Waals surface area (Å²) in [6.07, 6.45) is 1.60. The highest BCUT2D eigenvalue weighted by atomic mass is 79.9. The monoisotopic (exact) mass is 484 g/mol. The molecule has 0 spiro atoms. The molecular formula is C21H21BrN6O3. The van der Waals surface area contributed by atoms with Crippen molar-refractivity contribution in [1.82, 2.24) is 24.4 Å². The summed E-state index contributed by atoms with van der Waals surface area (Å²) in [5, 5.41) is 2.91. The van der Waals surface area contributed by atoms with Crippen LogP contribution >= 0.6 is 15.9 Å². The van der Waals surface area contributed by atoms with E-state index in [2.05, 4.69) is 41.1 Å². The normalized spacial score (nSPS) is 15.6. The van der Waals surface area contributed by atoms with Gasteiger partial charge in [-0.05, 0) is 53.0 Å². The molecule has 4 N–H and O–H groups in total. The smallest absolute Gasteiger partial charge is 0.324 e. The zero-order chi connectivity index (χ0) is 21.5. The molecule has 4 aromatic rings. The summed E-state index contributed by atoms with van der Waals surface area (Å²) in [4.78, 5) is 46.9. The molecule has 9 nitrogen and oxygen atoms in total. The average molecular weight is 485 g/mol. The molecule has 0 aliphatic carbocycles. The first-order valence-electron chi connectivity index (χ1n) is 10.1. The molecule has 3 heterocycles. The highest BCUT2D eigenvalue weighted by Gasteiger charge is 2.24. The lowest BCUT2D eigenvalue weighted by Crippen LogP contribution is -2.41. The van der Waals surface area contributed by atoms with Gasteiger partial charge in [0.25, 0.3) is 0 Å². The van der Waals surface area contributed by atoms with Gasteiger partial charge < -0.3 is 20.3 Å². The van der Waals surface area contributed by atoms with Gasteiger partial charge in [-0.15, -0.1) is 0 Å². The summed E-state index contributed by atoms with van der Waals surface area (Å²) in [6, 6.07) is 11.3. The van der Waals surface area contributed by atoms with Crippen LogP contribution in [-0.2, 0) is 4.79 Å². The Bertz CT molecular complexity index is 1390. The van der Waals surface area contributed by atoms with Gasteiger partial charge >= 0.3 is 11.4 Å². The summed E-state index contributed by atoms with van der Waals surface area (Å²) in [6.45, 7) is 1.73. The number of carbonyl (C=O) groups is 1. The fourth-order valence-electron chi connectivity index (χ4n) is 4.32. The van der Waals surface area contributed by atoms with Crippen LogP contribution in [0.3, 0.4) is 0 Å². The molecule has 10 heteroatoms. The van der Waals surface area contributed by atoms with E-state index in [1.165, 1.54) is 0 Å². The molecule has 1 aliphatic heterocycles. The third-order valence-corrected chi connectivity index (χ3v) is 6.45. The van der Waals surface area contributed by atoms with Crippen LogP contribution in [0.4, 0.5) is 5.69 Å². The van der Waals surface area contributed by atoms with Crippen molar-refractivity contribution in [3.8, 4) is 0 Å². The van der Waals surface area contributed by atoms with E-state index in [0.29, 0.717) is 21.2 Å². The summed E-state index contributed by atoms with van der Waals surface area (Å²) in [7, 11) is 0. The number of aromatic nitrogens is 4. The first kappa shape index (κ1) is 19.8. The molecule has 0 atom stereocenters. The molecule has 0 saturated carbocycles. The van der Waals surface area contributed by atoms with Crippen LogP contribution in [0.25, 0.3) is 22.1 Å². The van der Waals surface area contributed by atoms with Crippen molar-refractivity contribution in [2.75, 3.05) is 25.0 Å². The number of nitrogens with zero attached hydrogens (tertiary/aromatic N) is 2. The SMILES string of the molecule is O=C(CN1CCC(n2c(=O)[nH]c3ccccc32)CC1)Nc1cc2[nH]c(=O)[nH]c2cc1Br. The summed E-state index contributed by atoms with van der Waals surface area (Å²) in [5.74, 6) is -0.124. The Morgan fingerprint density at radius 2 is 1.74 bits per heavy atom. The Morgan fingerprint density at radius 1 is 1.03 bits per heavy atom. The lowest BCUT2D eigenvalue weighted by atomic mass is 10.0. The number of fused-ring (bicyclic) bond motifs is 2. The van der Waals surface area contributed by atoms with Gasteiger partial charge in [-0.1, -0.05) is 12.1 Å². The molecular weight excluding hydrogens is 464 g/mol. The van der Waals surface area contributed by atoms with E-state index in [9.17, 15) is 14.4 Å². The molecule has 0 radical (unpaired) electrons. The Kier molecular flexibility index (Phi) is 5.03. The topological polar surface area (TPSA) is 119 Å². The zero-order valence-electron chi connectivity index (χ0n) is 16.6. The third-order valence-electron chi connectivity index (χ3n) is 5.79. The van der Waals surface area contributed by atoms with Crippen LogP contribution in [0, 0.1) is 0 Å². The predicted octanol–water partition coefficient (Wildman–Crippen LogP) is 2.54. The van der Waals surface area contributed by atoms with Crippen molar-refractivity contribution >= 4 is 49.6 Å². The predicted molar refractivity (Wildman–Crippen MR) is 123 cm³/mol. The number of imidazole rings is 2. The second kappa shape index (κ2) is 7.86. The van der Waals surface area contributed by atoms with Crippen LogP contribution in [0.15, 0.2) is 50.5 Å². The number of aromatic amines is 3. The Morgan fingerprint density at radius 3 is 2.52 bits per heavy atom. The van der Waals surface area contributed by atoms with Gasteiger partial charge in [-0.2, -0.15) is 0 Å². The second-order valence-corrected chi connectivity index (χ2v) is 8.68. The fraction of sp³-hybridized carbons (Fsp3) is 0.286. The zero-order valence-corrected chi connectivity index (χ0v) is 18.2. The number of H-pyrrole nitrogens is 3. The first-order valence-corrected chi connectivity index (χ1v) is 10.9. The van der Waals surface area contributed by atoms with E-state index in [0.717, 1.165) is 37.0 Å². The molecule has 31 heavy (non-hydrogen) atoms. The van der Waals surface area contributed by atoms with Crippen molar-refractivity contribution in [2.24, 2.45) is 0 Å². The maximum Gasteiger partial charge on any atom is 0.326 e. The minimum Gasteiger partial charge on any atom is -0.324 e. The van der Waals surface area contributed by atoms with Gasteiger partial charge in [0.2, 0.25) is 5.91 Å². The number of rotatable bonds is 4. The molecule has 2 aromatic heterocycles. The molecule has 1 aliphatic rings. The quantitative estimate of drug-likeness (QED) is 0.355. The van der Waals surface area contributed by atoms with Gasteiger partial charge in [-0.3, -0.25) is 14.3 Å². The number of hydrogen-bond donors (Lipinski definition) is 4. The number of nitrogens with one attached hydrogen (secondary N) is 4. The van der Waals surface area contributed by atoms with Crippen molar-refractivity contribution in [3.63, 3.8) is 0 Å². The lowest BCUT2D eigenvalue weighted by Gasteiger charge is -2.32. The standard InChI is InChI=1S/C21H21BrN6O3/c22-13-9-16-17(25-20(30)24-16)10-15(13)23-19(29)11-27-7-5-12(6-8-27)28-18-4-2-1-3-14(18)26-21(28)31/h1-4,9-10,12H,5-8,11H2,(H,23,29)(H,26,31)(H2,24,25,30). The fourth-order valence-corrected chi connectivity index (χ4v) is 4.76. The Labute approximate surface area is 184 Å². The summed E-state index contributed by atoms with van der Waals surface area (Å²) in [5.41, 5.74) is 3.31. The van der Waals surface area contributed by atoms with Crippen molar-refractivity contribution < 1.29 is 4.79 Å². The van der Waals surface area contributed by atoms with Gasteiger partial charge in [0.15, 0.2) is 0 Å². The molecule has 160 valence electrons. The number of para-hydroxylation sites is 2. The van der Waals surface area contributed by atoms with E-state index >= 15 is 0 Å². The van der Waals surface area contributed by atoms with Gasteiger partial charge in [0.1, 0.15) is 0 Å². The number of piperidine rings is 1. The number of amides is 1. The number of anilines is 1. The molecule has 5 rings (SSSR count). The lowest BCUT2D eigenvalue weighted by molar-refractivity contribution is -0.117. The number of carbonyl (C=O) groups excluding carboxylic acids is 1. The van der Waals surface area contributed by atoms with Crippen LogP contribution in [0.2, 0.25) is 0 Å². The molecule has 0 bridgehead atoms. The number of likely N-dealkylation sites (tertiary alicyclic amines) is 1. The highest BCUT2D eigenvalue weighted by Crippen LogP contribution is 2.27. The number of hydrogen-bond acceptors (Lipinski definition) is 4. The van der Waals surface area contributed by atoms with Crippen LogP contribution in [0.5, 0.6) is 0 Å². The maximum atomic E-state index is 12.6. The van der Waals surface area contributed by atoms with Crippen molar-refractivity contribution in [3.05, 3.63) is 61.8 Å². The van der Waals surface area contributed by atoms with Gasteiger partial charge in [0.05, 0.1) is 34.3 Å². The molecule has 1 saturated heterocycles. The third kappa shape index (κ3) is 3.84. The largest absolute Gasteiger partial charge is 0.326 e. The van der Waals surface area contributed by atoms with Gasteiger partial charge in [0, 0.05) is 23.6 Å². The molecule has 0 unspecified atom stereocenters. The summed E-state index contributed by atoms with van der Waals surface area (Å²) >= 11 is 3.44. The molecule has 1 amide bonds. The van der Waals surface area contributed by atoms with E-state index in [1.807, 2.05) is 28.8 Å². The first-order chi connectivity index (χ1) is 15.0. The van der Waals surface area contributed by atoms with Crippen molar-refractivity contribution in [1.29, 1.82) is 0 Å². The Balaban J connectivity index is 1.23. The van der Waals surface area contributed by atoms with Crippen LogP contribution in [0.1, 0.15) is 18.9 Å². The number of benzene rings is 2. The van der Waals surface area contributed by atoms with E-state index < -0.39 is 0 Å². The average Bonchev–Trinajstić information content (AvgIpc) is 3.26. The second-order valence-electron chi connectivity index (χ2n) is 7.83. The Hall–Kier alpha value is -3.11. The van der Waals surface area contributed by atoms with Gasteiger partial charge in [-0.25, -0.2) is 9.59 Å². The maximum absolute atomic E-state index is 12.6. The molecule has 2 aromatic carbocycles. The number of halogens is 1. The van der Waals surface area contributed by atoms with Crippen molar-refractivity contribution in [2.45, 2.75) is 18.9 Å². The highest BCUT2D eigenvalue weighted by molar-refractivity contribution is 9.10. The minimum absolute atomic E-state index is 0.0829. The van der Waals surface area contributed by atoms with E-state index in [1.54, 1.807) is 12.1 Å². The van der Waals surface area contributed by atoms with E-state index in [4.69, 9.17) is 0 Å². The van der Waals surface area contributed by atoms with Crippen LogP contribution < -0.4 is 16.7 Å². The van der Waals surface area contributed by atoms with Crippen LogP contribution in [-0.4, -0.2) is 50.0 Å². The minimum atomic E-state index is -0.289. The molecule has 1 fully saturated rings. The summed E-state index contributed by atoms with van der Waals surface area (Å²) < 4.78 is 2.54.